The number of amidine groups is 1. The molecule has 0 aromatic carbocycles. The van der Waals surface area contributed by atoms with Gasteiger partial charge in [0.1, 0.15) is 15.7 Å². The van der Waals surface area contributed by atoms with E-state index in [0.29, 0.717) is 10.8 Å². The molecule has 2 N–H and O–H groups in total. The van der Waals surface area contributed by atoms with E-state index in [9.17, 15) is 8.42 Å². The molecule has 0 amide bonds. The summed E-state index contributed by atoms with van der Waals surface area (Å²) in [6.07, 6.45) is 0. The van der Waals surface area contributed by atoms with E-state index in [0.717, 1.165) is 4.41 Å². The van der Waals surface area contributed by atoms with E-state index in [-0.39, 0.29) is 16.2 Å². The van der Waals surface area contributed by atoms with Crippen LogP contribution >= 0.6 is 11.3 Å². The summed E-state index contributed by atoms with van der Waals surface area (Å²) in [5.41, 5.74) is -0.110. The second-order valence-electron chi connectivity index (χ2n) is 5.45. The molecule has 2 rings (SSSR count). The standard InChI is InChI=1S/C11H17N3O2S2/c1-7(11(2,3)4)9-13-10-8(5-6-17-10)18(15,16)14(9)12/h5-7H,12H2,1-4H3. The lowest BCUT2D eigenvalue weighted by Crippen LogP contribution is -2.49. The summed E-state index contributed by atoms with van der Waals surface area (Å²) >= 11 is 1.31. The normalized spacial score (nSPS) is 20.3. The Bertz CT molecular complexity index is 596. The van der Waals surface area contributed by atoms with E-state index in [2.05, 4.69) is 4.99 Å². The Kier molecular flexibility index (Phi) is 3.03. The highest BCUT2D eigenvalue weighted by atomic mass is 32.2. The van der Waals surface area contributed by atoms with Gasteiger partial charge in [-0.15, -0.1) is 11.3 Å². The quantitative estimate of drug-likeness (QED) is 0.805. The van der Waals surface area contributed by atoms with Gasteiger partial charge in [-0.25, -0.2) is 10.8 Å². The minimum absolute atomic E-state index is 0.0625. The molecular weight excluding hydrogens is 270 g/mol. The van der Waals surface area contributed by atoms with Crippen molar-refractivity contribution in [3.8, 4) is 0 Å². The number of hydrogen-bond acceptors (Lipinski definition) is 5. The fourth-order valence-electron chi connectivity index (χ4n) is 1.62. The van der Waals surface area contributed by atoms with Gasteiger partial charge in [0, 0.05) is 5.92 Å². The van der Waals surface area contributed by atoms with Gasteiger partial charge in [0.15, 0.2) is 0 Å². The molecule has 0 radical (unpaired) electrons. The van der Waals surface area contributed by atoms with Crippen LogP contribution in [0.2, 0.25) is 0 Å². The lowest BCUT2D eigenvalue weighted by atomic mass is 9.81. The molecule has 1 aromatic heterocycles. The summed E-state index contributed by atoms with van der Waals surface area (Å²) in [5, 5.41) is 2.23. The van der Waals surface area contributed by atoms with Crippen molar-refractivity contribution >= 4 is 32.2 Å². The highest BCUT2D eigenvalue weighted by Crippen LogP contribution is 2.39. The van der Waals surface area contributed by atoms with Gasteiger partial charge in [0.2, 0.25) is 0 Å². The number of nitrogens with two attached hydrogens (primary N) is 1. The number of thiophene rings is 1. The van der Waals surface area contributed by atoms with Gasteiger partial charge in [0.05, 0.1) is 0 Å². The van der Waals surface area contributed by atoms with Gasteiger partial charge < -0.3 is 0 Å². The van der Waals surface area contributed by atoms with Gasteiger partial charge >= 0.3 is 0 Å². The van der Waals surface area contributed by atoms with Crippen molar-refractivity contribution in [2.45, 2.75) is 32.6 Å². The van der Waals surface area contributed by atoms with Crippen molar-refractivity contribution < 1.29 is 8.42 Å². The van der Waals surface area contributed by atoms with Crippen LogP contribution in [0.5, 0.6) is 0 Å². The number of sulfonamides is 1. The first-order chi connectivity index (χ1) is 8.15. The molecule has 5 nitrogen and oxygen atoms in total. The number of aliphatic imine (C=N–C) groups is 1. The van der Waals surface area contributed by atoms with Crippen molar-refractivity contribution in [1.82, 2.24) is 4.41 Å². The van der Waals surface area contributed by atoms with Gasteiger partial charge in [-0.3, -0.25) is 0 Å². The maximum absolute atomic E-state index is 12.2. The molecule has 0 saturated heterocycles. The minimum Gasteiger partial charge on any atom is -0.232 e. The predicted molar refractivity (Wildman–Crippen MR) is 73.2 cm³/mol. The van der Waals surface area contributed by atoms with Crippen molar-refractivity contribution in [1.29, 1.82) is 0 Å². The van der Waals surface area contributed by atoms with Crippen LogP contribution in [0.25, 0.3) is 0 Å². The monoisotopic (exact) mass is 287 g/mol. The summed E-state index contributed by atoms with van der Waals surface area (Å²) in [5.74, 6) is 6.09. The predicted octanol–water partition coefficient (Wildman–Crippen LogP) is 2.34. The third-order valence-electron chi connectivity index (χ3n) is 3.27. The zero-order chi connectivity index (χ0) is 13.7. The van der Waals surface area contributed by atoms with Crippen molar-refractivity contribution in [3.05, 3.63) is 11.4 Å². The Hall–Kier alpha value is -0.920. The van der Waals surface area contributed by atoms with E-state index in [1.54, 1.807) is 5.38 Å². The van der Waals surface area contributed by atoms with Gasteiger partial charge in [-0.1, -0.05) is 27.7 Å². The smallest absolute Gasteiger partial charge is 0.232 e. The first-order valence-corrected chi connectivity index (χ1v) is 7.94. The molecule has 1 aliphatic heterocycles. The van der Waals surface area contributed by atoms with Crippen LogP contribution in [0, 0.1) is 11.3 Å². The summed E-state index contributed by atoms with van der Waals surface area (Å²) in [7, 11) is -3.64. The van der Waals surface area contributed by atoms with Crippen LogP contribution < -0.4 is 5.84 Å². The Labute approximate surface area is 111 Å². The highest BCUT2D eigenvalue weighted by Gasteiger charge is 2.38. The van der Waals surface area contributed by atoms with Gasteiger partial charge in [-0.05, 0) is 16.9 Å². The number of rotatable bonds is 1. The lowest BCUT2D eigenvalue weighted by Gasteiger charge is -2.34. The third-order valence-corrected chi connectivity index (χ3v) is 5.80. The Morgan fingerprint density at radius 2 is 2.06 bits per heavy atom. The molecule has 1 aromatic rings. The summed E-state index contributed by atoms with van der Waals surface area (Å²) in [6.45, 7) is 8.03. The first kappa shape index (κ1) is 13.5. The number of nitrogens with zero attached hydrogens (tertiary/aromatic N) is 2. The second kappa shape index (κ2) is 4.04. The fourth-order valence-corrected chi connectivity index (χ4v) is 4.00. The van der Waals surface area contributed by atoms with Crippen LogP contribution in [0.4, 0.5) is 5.00 Å². The zero-order valence-electron chi connectivity index (χ0n) is 10.8. The van der Waals surface area contributed by atoms with E-state index in [4.69, 9.17) is 5.84 Å². The molecule has 0 spiro atoms. The van der Waals surface area contributed by atoms with Gasteiger partial charge in [0.25, 0.3) is 10.0 Å². The maximum atomic E-state index is 12.2. The zero-order valence-corrected chi connectivity index (χ0v) is 12.5. The summed E-state index contributed by atoms with van der Waals surface area (Å²) < 4.78 is 25.3. The largest absolute Gasteiger partial charge is 0.281 e. The Balaban J connectivity index is 2.59. The average molecular weight is 287 g/mol. The molecule has 0 saturated carbocycles. The fraction of sp³-hybridized carbons (Fsp3) is 0.545. The minimum atomic E-state index is -3.64. The molecule has 0 fully saturated rings. The molecule has 7 heteroatoms. The van der Waals surface area contributed by atoms with E-state index in [1.807, 2.05) is 27.7 Å². The summed E-state index contributed by atoms with van der Waals surface area (Å²) in [6, 6.07) is 1.54. The van der Waals surface area contributed by atoms with Crippen LogP contribution in [0.1, 0.15) is 27.7 Å². The van der Waals surface area contributed by atoms with E-state index < -0.39 is 10.0 Å². The SMILES string of the molecule is CC(C1=Nc2sccc2S(=O)(=O)N1N)C(C)(C)C. The molecule has 1 atom stereocenters. The lowest BCUT2D eigenvalue weighted by molar-refractivity contribution is 0.317. The van der Waals surface area contributed by atoms with Crippen molar-refractivity contribution in [2.24, 2.45) is 22.2 Å². The van der Waals surface area contributed by atoms with Crippen LogP contribution in [-0.4, -0.2) is 18.7 Å². The molecular formula is C11H17N3O2S2. The molecule has 2 heterocycles. The molecule has 0 bridgehead atoms. The number of hydrazine groups is 1. The molecule has 100 valence electrons. The molecule has 1 aliphatic rings. The molecule has 18 heavy (non-hydrogen) atoms. The second-order valence-corrected chi connectivity index (χ2v) is 8.13. The number of fused-ring (bicyclic) bond motifs is 1. The first-order valence-electron chi connectivity index (χ1n) is 5.62. The topological polar surface area (TPSA) is 75.8 Å². The average Bonchev–Trinajstić information content (AvgIpc) is 2.70. The van der Waals surface area contributed by atoms with Crippen molar-refractivity contribution in [2.75, 3.05) is 0 Å². The number of hydrogen-bond donors (Lipinski definition) is 1. The van der Waals surface area contributed by atoms with Crippen LogP contribution in [0.15, 0.2) is 21.3 Å². The molecule has 1 unspecified atom stereocenters. The van der Waals surface area contributed by atoms with Crippen LogP contribution in [0.3, 0.4) is 0 Å². The highest BCUT2D eigenvalue weighted by molar-refractivity contribution is 7.90. The van der Waals surface area contributed by atoms with E-state index >= 15 is 0 Å². The molecule has 0 aliphatic carbocycles. The Morgan fingerprint density at radius 1 is 1.44 bits per heavy atom. The maximum Gasteiger partial charge on any atom is 0.281 e. The van der Waals surface area contributed by atoms with E-state index in [1.165, 1.54) is 17.4 Å². The van der Waals surface area contributed by atoms with Gasteiger partial charge in [-0.2, -0.15) is 12.8 Å². The summed E-state index contributed by atoms with van der Waals surface area (Å²) in [4.78, 5) is 4.60. The van der Waals surface area contributed by atoms with Crippen molar-refractivity contribution in [3.63, 3.8) is 0 Å². The Morgan fingerprint density at radius 3 is 2.61 bits per heavy atom. The third kappa shape index (κ3) is 1.96. The van der Waals surface area contributed by atoms with Crippen LogP contribution in [-0.2, 0) is 10.0 Å².